The molecule has 0 N–H and O–H groups in total. The van der Waals surface area contributed by atoms with E-state index in [1.807, 2.05) is 16.7 Å². The summed E-state index contributed by atoms with van der Waals surface area (Å²) >= 11 is 0. The number of anilines is 1. The Hall–Kier alpha value is -2.68. The number of nitro groups is 1. The molecular formula is C23H33N5O4. The van der Waals surface area contributed by atoms with Gasteiger partial charge in [0.2, 0.25) is 5.91 Å². The quantitative estimate of drug-likeness (QED) is 0.513. The van der Waals surface area contributed by atoms with E-state index in [0.29, 0.717) is 37.4 Å². The van der Waals surface area contributed by atoms with Gasteiger partial charge in [-0.25, -0.2) is 0 Å². The minimum atomic E-state index is -0.393. The summed E-state index contributed by atoms with van der Waals surface area (Å²) in [6.07, 6.45) is 5.39. The molecule has 1 aromatic carbocycles. The van der Waals surface area contributed by atoms with Crippen LogP contribution in [0.3, 0.4) is 0 Å². The number of carbonyl (C=O) groups is 2. The fraction of sp³-hybridized carbons (Fsp3) is 0.652. The number of rotatable bonds is 5. The molecule has 9 heteroatoms. The highest BCUT2D eigenvalue weighted by molar-refractivity contribution is 5.96. The van der Waals surface area contributed by atoms with Gasteiger partial charge in [-0.1, -0.05) is 0 Å². The average molecular weight is 444 g/mol. The van der Waals surface area contributed by atoms with Gasteiger partial charge in [-0.05, 0) is 51.2 Å². The molecule has 0 aliphatic carbocycles. The summed E-state index contributed by atoms with van der Waals surface area (Å²) in [6.45, 7) is 7.53. The first-order valence-corrected chi connectivity index (χ1v) is 11.8. The third kappa shape index (κ3) is 4.72. The summed E-state index contributed by atoms with van der Waals surface area (Å²) in [5.41, 5.74) is 0.946. The molecule has 0 spiro atoms. The summed E-state index contributed by atoms with van der Waals surface area (Å²) in [7, 11) is 0. The zero-order chi connectivity index (χ0) is 22.7. The number of benzene rings is 1. The van der Waals surface area contributed by atoms with Crippen molar-refractivity contribution < 1.29 is 14.5 Å². The minimum Gasteiger partial charge on any atom is -0.366 e. The van der Waals surface area contributed by atoms with Gasteiger partial charge in [-0.2, -0.15) is 0 Å². The molecule has 0 bridgehead atoms. The molecule has 174 valence electrons. The smallest absolute Gasteiger partial charge is 0.293 e. The molecule has 9 nitrogen and oxygen atoms in total. The van der Waals surface area contributed by atoms with Gasteiger partial charge in [0, 0.05) is 64.0 Å². The van der Waals surface area contributed by atoms with Crippen molar-refractivity contribution in [1.82, 2.24) is 14.7 Å². The van der Waals surface area contributed by atoms with E-state index in [0.717, 1.165) is 51.9 Å². The number of likely N-dealkylation sites (tertiary alicyclic amines) is 1. The van der Waals surface area contributed by atoms with Gasteiger partial charge < -0.3 is 14.7 Å². The van der Waals surface area contributed by atoms with Crippen LogP contribution < -0.4 is 4.90 Å². The zero-order valence-electron chi connectivity index (χ0n) is 18.9. The number of nitro benzene ring substituents is 1. The van der Waals surface area contributed by atoms with E-state index in [4.69, 9.17) is 0 Å². The second-order valence-corrected chi connectivity index (χ2v) is 9.04. The number of amides is 2. The SMILES string of the molecule is CC(C(=O)N1CCCCC1)N1CCN(C(=O)c2ccc(N3CCCC3)c([N+](=O)[O-])c2)CC1. The van der Waals surface area contributed by atoms with Crippen LogP contribution in [0.2, 0.25) is 0 Å². The van der Waals surface area contributed by atoms with E-state index in [1.165, 1.54) is 12.5 Å². The molecule has 0 saturated carbocycles. The monoisotopic (exact) mass is 443 g/mol. The van der Waals surface area contributed by atoms with Gasteiger partial charge in [-0.15, -0.1) is 0 Å². The van der Waals surface area contributed by atoms with Crippen LogP contribution >= 0.6 is 0 Å². The molecule has 1 unspecified atom stereocenters. The van der Waals surface area contributed by atoms with E-state index < -0.39 is 4.92 Å². The van der Waals surface area contributed by atoms with E-state index in [9.17, 15) is 19.7 Å². The Morgan fingerprint density at radius 3 is 2.12 bits per heavy atom. The van der Waals surface area contributed by atoms with E-state index in [-0.39, 0.29) is 23.5 Å². The molecule has 3 fully saturated rings. The molecule has 32 heavy (non-hydrogen) atoms. The summed E-state index contributed by atoms with van der Waals surface area (Å²) in [5.74, 6) is -0.00617. The van der Waals surface area contributed by atoms with Crippen LogP contribution in [-0.4, -0.2) is 89.8 Å². The molecule has 3 aliphatic rings. The van der Waals surface area contributed by atoms with Crippen molar-refractivity contribution in [2.45, 2.75) is 45.1 Å². The number of hydrogen-bond donors (Lipinski definition) is 0. The Balaban J connectivity index is 1.38. The molecule has 4 rings (SSSR count). The first-order valence-electron chi connectivity index (χ1n) is 11.8. The molecule has 1 aromatic rings. The van der Waals surface area contributed by atoms with Gasteiger partial charge in [-0.3, -0.25) is 24.6 Å². The Labute approximate surface area is 189 Å². The van der Waals surface area contributed by atoms with Crippen molar-refractivity contribution in [3.63, 3.8) is 0 Å². The second-order valence-electron chi connectivity index (χ2n) is 9.04. The average Bonchev–Trinajstić information content (AvgIpc) is 3.38. The predicted molar refractivity (Wildman–Crippen MR) is 122 cm³/mol. The number of hydrogen-bond acceptors (Lipinski definition) is 6. The highest BCUT2D eigenvalue weighted by atomic mass is 16.6. The van der Waals surface area contributed by atoms with Crippen LogP contribution in [0, 0.1) is 10.1 Å². The van der Waals surface area contributed by atoms with Crippen LogP contribution in [0.1, 0.15) is 49.4 Å². The maximum atomic E-state index is 13.1. The highest BCUT2D eigenvalue weighted by Gasteiger charge is 2.31. The summed E-state index contributed by atoms with van der Waals surface area (Å²) < 4.78 is 0. The van der Waals surface area contributed by atoms with Crippen LogP contribution in [-0.2, 0) is 4.79 Å². The van der Waals surface area contributed by atoms with Crippen LogP contribution in [0.25, 0.3) is 0 Å². The van der Waals surface area contributed by atoms with Crippen molar-refractivity contribution in [2.75, 3.05) is 57.3 Å². The normalized spacial score (nSPS) is 21.0. The zero-order valence-corrected chi connectivity index (χ0v) is 18.9. The Kier molecular flexibility index (Phi) is 6.93. The molecular weight excluding hydrogens is 410 g/mol. The lowest BCUT2D eigenvalue weighted by Gasteiger charge is -2.39. The van der Waals surface area contributed by atoms with Crippen molar-refractivity contribution in [3.8, 4) is 0 Å². The molecule has 2 amide bonds. The molecule has 0 radical (unpaired) electrons. The van der Waals surface area contributed by atoms with Crippen molar-refractivity contribution in [2.24, 2.45) is 0 Å². The number of piperazine rings is 1. The van der Waals surface area contributed by atoms with E-state index in [1.54, 1.807) is 17.0 Å². The number of carbonyl (C=O) groups excluding carboxylic acids is 2. The van der Waals surface area contributed by atoms with Crippen LogP contribution in [0.4, 0.5) is 11.4 Å². The third-order valence-corrected chi connectivity index (χ3v) is 7.04. The fourth-order valence-electron chi connectivity index (χ4n) is 5.06. The Morgan fingerprint density at radius 1 is 0.875 bits per heavy atom. The molecule has 1 atom stereocenters. The van der Waals surface area contributed by atoms with Gasteiger partial charge in [0.1, 0.15) is 5.69 Å². The first-order chi connectivity index (χ1) is 15.5. The van der Waals surface area contributed by atoms with Crippen LogP contribution in [0.15, 0.2) is 18.2 Å². The predicted octanol–water partition coefficient (Wildman–Crippen LogP) is 2.35. The topological polar surface area (TPSA) is 90.2 Å². The summed E-state index contributed by atoms with van der Waals surface area (Å²) in [6, 6.07) is 4.65. The number of piperidine rings is 1. The van der Waals surface area contributed by atoms with Gasteiger partial charge in [0.05, 0.1) is 11.0 Å². The maximum absolute atomic E-state index is 13.1. The molecule has 3 heterocycles. The maximum Gasteiger partial charge on any atom is 0.293 e. The largest absolute Gasteiger partial charge is 0.366 e. The van der Waals surface area contributed by atoms with Crippen molar-refractivity contribution >= 4 is 23.2 Å². The lowest BCUT2D eigenvalue weighted by Crippen LogP contribution is -2.56. The summed E-state index contributed by atoms with van der Waals surface area (Å²) in [4.78, 5) is 45.0. The Bertz CT molecular complexity index is 856. The minimum absolute atomic E-state index is 0.00265. The van der Waals surface area contributed by atoms with E-state index in [2.05, 4.69) is 4.90 Å². The highest BCUT2D eigenvalue weighted by Crippen LogP contribution is 2.32. The van der Waals surface area contributed by atoms with Gasteiger partial charge >= 0.3 is 0 Å². The van der Waals surface area contributed by atoms with Crippen molar-refractivity contribution in [1.29, 1.82) is 0 Å². The molecule has 3 saturated heterocycles. The van der Waals surface area contributed by atoms with Crippen LogP contribution in [0.5, 0.6) is 0 Å². The summed E-state index contributed by atoms with van der Waals surface area (Å²) in [5, 5.41) is 11.7. The van der Waals surface area contributed by atoms with E-state index >= 15 is 0 Å². The molecule has 3 aliphatic heterocycles. The fourth-order valence-corrected chi connectivity index (χ4v) is 5.06. The number of nitrogens with zero attached hydrogens (tertiary/aromatic N) is 5. The molecule has 0 aromatic heterocycles. The lowest BCUT2D eigenvalue weighted by atomic mass is 10.1. The van der Waals surface area contributed by atoms with Gasteiger partial charge in [0.25, 0.3) is 11.6 Å². The second kappa shape index (κ2) is 9.85. The van der Waals surface area contributed by atoms with Gasteiger partial charge in [0.15, 0.2) is 0 Å². The lowest BCUT2D eigenvalue weighted by molar-refractivity contribution is -0.384. The first kappa shape index (κ1) is 22.5. The standard InChI is InChI=1S/C23H33N5O4/c1-18(22(29)26-11-3-2-4-12-26)24-13-15-27(16-14-24)23(30)19-7-8-20(21(17-19)28(31)32)25-9-5-6-10-25/h7-8,17-18H,2-6,9-16H2,1H3. The van der Waals surface area contributed by atoms with Crippen molar-refractivity contribution in [3.05, 3.63) is 33.9 Å². The third-order valence-electron chi connectivity index (χ3n) is 7.04. The Morgan fingerprint density at radius 2 is 1.50 bits per heavy atom.